The summed E-state index contributed by atoms with van der Waals surface area (Å²) in [5.41, 5.74) is 1.85. The largest absolute Gasteiger partial charge is 0.350 e. The van der Waals surface area contributed by atoms with Crippen molar-refractivity contribution < 1.29 is 18.0 Å². The van der Waals surface area contributed by atoms with Crippen LogP contribution in [0.5, 0.6) is 0 Å². The van der Waals surface area contributed by atoms with Crippen molar-refractivity contribution in [2.45, 2.75) is 57.1 Å². The summed E-state index contributed by atoms with van der Waals surface area (Å²) in [5.74, 6) is -0.886. The number of carbonyl (C=O) groups is 2. The monoisotopic (exact) mass is 603 g/mol. The first-order valence-corrected chi connectivity index (χ1v) is 15.0. The Morgan fingerprint density at radius 3 is 2.10 bits per heavy atom. The molecule has 2 amide bonds. The Labute approximate surface area is 247 Å². The van der Waals surface area contributed by atoms with Crippen LogP contribution in [0, 0.1) is 6.92 Å². The molecule has 0 bridgehead atoms. The van der Waals surface area contributed by atoms with E-state index >= 15 is 0 Å². The molecule has 3 aromatic rings. The van der Waals surface area contributed by atoms with Crippen LogP contribution in [0.15, 0.2) is 77.7 Å². The highest BCUT2D eigenvalue weighted by atomic mass is 35.5. The number of nitrogens with one attached hydrogen (secondary N) is 1. The Balaban J connectivity index is 2.01. The molecule has 0 aliphatic heterocycles. The highest BCUT2D eigenvalue weighted by Gasteiger charge is 2.34. The molecule has 3 aromatic carbocycles. The normalized spacial score (nSPS) is 12.7. The Morgan fingerprint density at radius 2 is 1.52 bits per heavy atom. The van der Waals surface area contributed by atoms with E-state index < -0.39 is 34.1 Å². The molecule has 0 heterocycles. The lowest BCUT2D eigenvalue weighted by atomic mass is 10.0. The first kappa shape index (κ1) is 31.6. The quantitative estimate of drug-likeness (QED) is 0.332. The van der Waals surface area contributed by atoms with Gasteiger partial charge in [0.1, 0.15) is 6.04 Å². The summed E-state index contributed by atoms with van der Waals surface area (Å²) in [6, 6.07) is 19.8. The first-order valence-electron chi connectivity index (χ1n) is 12.8. The van der Waals surface area contributed by atoms with Gasteiger partial charge >= 0.3 is 0 Å². The SMILES string of the molecule is Cc1ccc(S(=O)(=O)N(C)CC(=O)N(Cc2ccc(Cl)c(Cl)c2)[C@@H](Cc2ccccc2)C(=O)NC(C)(C)C)cc1. The summed E-state index contributed by atoms with van der Waals surface area (Å²) in [7, 11) is -2.60. The minimum atomic E-state index is -3.96. The number of hydrogen-bond acceptors (Lipinski definition) is 4. The Morgan fingerprint density at radius 1 is 0.900 bits per heavy atom. The maximum Gasteiger partial charge on any atom is 0.243 e. The lowest BCUT2D eigenvalue weighted by Gasteiger charge is -2.34. The maximum atomic E-state index is 13.9. The van der Waals surface area contributed by atoms with Crippen molar-refractivity contribution >= 4 is 45.0 Å². The van der Waals surface area contributed by atoms with Gasteiger partial charge in [0, 0.05) is 25.6 Å². The molecule has 0 aliphatic rings. The molecule has 0 saturated heterocycles. The molecule has 0 radical (unpaired) electrons. The highest BCUT2D eigenvalue weighted by Crippen LogP contribution is 2.25. The Kier molecular flexibility index (Phi) is 10.4. The molecule has 40 heavy (non-hydrogen) atoms. The molecule has 0 aliphatic carbocycles. The van der Waals surface area contributed by atoms with Gasteiger partial charge in [0.2, 0.25) is 21.8 Å². The average molecular weight is 605 g/mol. The van der Waals surface area contributed by atoms with Crippen LogP contribution >= 0.6 is 23.2 Å². The molecular weight excluding hydrogens is 569 g/mol. The van der Waals surface area contributed by atoms with Gasteiger partial charge in [0.05, 0.1) is 21.5 Å². The van der Waals surface area contributed by atoms with Crippen molar-refractivity contribution in [3.63, 3.8) is 0 Å². The first-order chi connectivity index (χ1) is 18.7. The zero-order valence-corrected chi connectivity index (χ0v) is 25.6. The van der Waals surface area contributed by atoms with E-state index in [0.29, 0.717) is 15.6 Å². The van der Waals surface area contributed by atoms with Crippen LogP contribution in [0.1, 0.15) is 37.5 Å². The molecule has 1 N–H and O–H groups in total. The van der Waals surface area contributed by atoms with E-state index in [0.717, 1.165) is 15.4 Å². The average Bonchev–Trinajstić information content (AvgIpc) is 2.88. The number of aryl methyl sites for hydroxylation is 1. The number of sulfonamides is 1. The number of benzene rings is 3. The van der Waals surface area contributed by atoms with Gasteiger partial charge in [-0.3, -0.25) is 9.59 Å². The molecule has 7 nitrogen and oxygen atoms in total. The van der Waals surface area contributed by atoms with E-state index in [1.165, 1.54) is 24.1 Å². The van der Waals surface area contributed by atoms with Crippen molar-refractivity contribution in [2.75, 3.05) is 13.6 Å². The van der Waals surface area contributed by atoms with E-state index in [9.17, 15) is 18.0 Å². The molecule has 3 rings (SSSR count). The molecule has 214 valence electrons. The van der Waals surface area contributed by atoms with Gasteiger partial charge in [-0.2, -0.15) is 4.31 Å². The van der Waals surface area contributed by atoms with Gasteiger partial charge in [-0.15, -0.1) is 0 Å². The third-order valence-electron chi connectivity index (χ3n) is 6.19. The van der Waals surface area contributed by atoms with Crippen LogP contribution < -0.4 is 5.32 Å². The fourth-order valence-corrected chi connectivity index (χ4v) is 5.54. The van der Waals surface area contributed by atoms with E-state index in [-0.39, 0.29) is 23.8 Å². The summed E-state index contributed by atoms with van der Waals surface area (Å²) in [6.45, 7) is 6.99. The molecular formula is C30H35Cl2N3O4S. The molecule has 0 fully saturated rings. The van der Waals surface area contributed by atoms with E-state index in [1.54, 1.807) is 30.3 Å². The third kappa shape index (κ3) is 8.54. The second-order valence-electron chi connectivity index (χ2n) is 10.8. The van der Waals surface area contributed by atoms with Crippen LogP contribution in [0.25, 0.3) is 0 Å². The minimum Gasteiger partial charge on any atom is -0.350 e. The molecule has 0 aromatic heterocycles. The summed E-state index contributed by atoms with van der Waals surface area (Å²) in [4.78, 5) is 29.1. The van der Waals surface area contributed by atoms with Crippen molar-refractivity contribution in [3.8, 4) is 0 Å². The minimum absolute atomic E-state index is 0.0171. The van der Waals surface area contributed by atoms with Gasteiger partial charge in [-0.25, -0.2) is 8.42 Å². The van der Waals surface area contributed by atoms with Crippen molar-refractivity contribution in [1.82, 2.24) is 14.5 Å². The maximum absolute atomic E-state index is 13.9. The molecule has 10 heteroatoms. The topological polar surface area (TPSA) is 86.8 Å². The lowest BCUT2D eigenvalue weighted by molar-refractivity contribution is -0.141. The van der Waals surface area contributed by atoms with Crippen LogP contribution in [0.2, 0.25) is 10.0 Å². The van der Waals surface area contributed by atoms with Crippen LogP contribution in [0.3, 0.4) is 0 Å². The zero-order chi connectivity index (χ0) is 29.7. The van der Waals surface area contributed by atoms with E-state index in [4.69, 9.17) is 23.2 Å². The number of rotatable bonds is 10. The predicted molar refractivity (Wildman–Crippen MR) is 160 cm³/mol. The van der Waals surface area contributed by atoms with Gasteiger partial charge in [-0.05, 0) is 63.1 Å². The Hall–Kier alpha value is -2.91. The lowest BCUT2D eigenvalue weighted by Crippen LogP contribution is -2.56. The highest BCUT2D eigenvalue weighted by molar-refractivity contribution is 7.89. The van der Waals surface area contributed by atoms with Gasteiger partial charge in [0.15, 0.2) is 0 Å². The molecule has 1 atom stereocenters. The fourth-order valence-electron chi connectivity index (χ4n) is 4.10. The van der Waals surface area contributed by atoms with Crippen LogP contribution in [0.4, 0.5) is 0 Å². The van der Waals surface area contributed by atoms with Crippen LogP contribution in [-0.2, 0) is 32.6 Å². The number of likely N-dealkylation sites (N-methyl/N-ethyl adjacent to an activating group) is 1. The number of halogens is 2. The standard InChI is InChI=1S/C30H35Cl2N3O4S/c1-21-11-14-24(15-12-21)40(38,39)34(5)20-28(36)35(19-23-13-16-25(31)26(32)17-23)27(29(37)33-30(2,3)4)18-22-9-7-6-8-10-22/h6-17,27H,18-20H2,1-5H3,(H,33,37)/t27-/m0/s1. The van der Waals surface area contributed by atoms with Gasteiger partial charge < -0.3 is 10.2 Å². The summed E-state index contributed by atoms with van der Waals surface area (Å²) >= 11 is 12.4. The van der Waals surface area contributed by atoms with E-state index in [2.05, 4.69) is 5.32 Å². The Bertz CT molecular complexity index is 1440. The summed E-state index contributed by atoms with van der Waals surface area (Å²) in [5, 5.41) is 3.65. The summed E-state index contributed by atoms with van der Waals surface area (Å²) in [6.07, 6.45) is 0.226. The van der Waals surface area contributed by atoms with Crippen molar-refractivity contribution in [1.29, 1.82) is 0 Å². The second-order valence-corrected chi connectivity index (χ2v) is 13.6. The van der Waals surface area contributed by atoms with Crippen molar-refractivity contribution in [2.24, 2.45) is 0 Å². The number of amides is 2. The molecule has 0 saturated carbocycles. The third-order valence-corrected chi connectivity index (χ3v) is 8.75. The number of nitrogens with zero attached hydrogens (tertiary/aromatic N) is 2. The predicted octanol–water partition coefficient (Wildman–Crippen LogP) is 5.48. The second kappa shape index (κ2) is 13.2. The molecule has 0 unspecified atom stereocenters. The number of carbonyl (C=O) groups excluding carboxylic acids is 2. The zero-order valence-electron chi connectivity index (χ0n) is 23.3. The van der Waals surface area contributed by atoms with Gasteiger partial charge in [0.25, 0.3) is 0 Å². The molecule has 0 spiro atoms. The summed E-state index contributed by atoms with van der Waals surface area (Å²) < 4.78 is 27.5. The van der Waals surface area contributed by atoms with Crippen molar-refractivity contribution in [3.05, 3.63) is 99.5 Å². The van der Waals surface area contributed by atoms with Gasteiger partial charge in [-0.1, -0.05) is 77.3 Å². The van der Waals surface area contributed by atoms with E-state index in [1.807, 2.05) is 58.0 Å². The van der Waals surface area contributed by atoms with Crippen LogP contribution in [-0.4, -0.2) is 54.6 Å². The fraction of sp³-hybridized carbons (Fsp3) is 0.333. The smallest absolute Gasteiger partial charge is 0.243 e. The number of hydrogen-bond donors (Lipinski definition) is 1.